The van der Waals surface area contributed by atoms with Gasteiger partial charge in [-0.05, 0) is 31.4 Å². The maximum atomic E-state index is 13.2. The van der Waals surface area contributed by atoms with Gasteiger partial charge in [-0.2, -0.15) is 0 Å². The van der Waals surface area contributed by atoms with Crippen molar-refractivity contribution in [3.8, 4) is 0 Å². The molecule has 0 radical (unpaired) electrons. The predicted molar refractivity (Wildman–Crippen MR) is 103 cm³/mol. The van der Waals surface area contributed by atoms with E-state index in [-0.39, 0.29) is 25.2 Å². The van der Waals surface area contributed by atoms with E-state index in [0.29, 0.717) is 30.3 Å². The van der Waals surface area contributed by atoms with Crippen molar-refractivity contribution >= 4 is 22.8 Å². The minimum Gasteiger partial charge on any atom is -0.351 e. The third kappa shape index (κ3) is 5.14. The van der Waals surface area contributed by atoms with Gasteiger partial charge in [-0.1, -0.05) is 12.1 Å². The van der Waals surface area contributed by atoms with Crippen LogP contribution in [0, 0.1) is 0 Å². The Balaban J connectivity index is 1.42. The van der Waals surface area contributed by atoms with Crippen molar-refractivity contribution in [3.63, 3.8) is 0 Å². The highest BCUT2D eigenvalue weighted by Gasteiger charge is 2.41. The molecule has 3 rings (SSSR count). The molecule has 1 aromatic heterocycles. The van der Waals surface area contributed by atoms with Gasteiger partial charge in [0.05, 0.1) is 23.6 Å². The molecule has 1 aliphatic rings. The molecule has 1 aliphatic heterocycles. The minimum absolute atomic E-state index is 0.0168. The summed E-state index contributed by atoms with van der Waals surface area (Å²) in [4.78, 5) is 44.1. The number of nitrogens with zero attached hydrogens (tertiary/aromatic N) is 2. The Morgan fingerprint density at radius 3 is 2.79 bits per heavy atom. The SMILES string of the molecule is N[C@@H](CCCCNC(=O)c1nc2ccccc2[nH]c1=O)C(=O)N1CCC(F)(F)C1. The molecule has 1 aromatic carbocycles. The smallest absolute Gasteiger partial charge is 0.280 e. The van der Waals surface area contributed by atoms with E-state index < -0.39 is 35.9 Å². The van der Waals surface area contributed by atoms with Gasteiger partial charge in [-0.15, -0.1) is 0 Å². The fraction of sp³-hybridized carbons (Fsp3) is 0.474. The van der Waals surface area contributed by atoms with E-state index in [1.165, 1.54) is 0 Å². The van der Waals surface area contributed by atoms with Gasteiger partial charge in [0, 0.05) is 19.5 Å². The van der Waals surface area contributed by atoms with Crippen molar-refractivity contribution in [1.29, 1.82) is 0 Å². The standard InChI is InChI=1S/C19H23F2N5O3/c20-19(21)8-10-26(11-19)18(29)12(22)5-3-4-9-23-16(27)15-17(28)25-14-7-2-1-6-13(14)24-15/h1-2,6-7,12H,3-5,8-11,22H2,(H,23,27)(H,25,28)/t12-/m0/s1. The molecule has 1 fully saturated rings. The van der Waals surface area contributed by atoms with Crippen LogP contribution in [0.1, 0.15) is 36.2 Å². The number of para-hydroxylation sites is 2. The normalized spacial score (nSPS) is 16.7. The lowest BCUT2D eigenvalue weighted by atomic mass is 10.1. The number of likely N-dealkylation sites (tertiary alicyclic amines) is 1. The lowest BCUT2D eigenvalue weighted by molar-refractivity contribution is -0.133. The molecule has 0 spiro atoms. The average molecular weight is 407 g/mol. The van der Waals surface area contributed by atoms with Gasteiger partial charge < -0.3 is 20.9 Å². The average Bonchev–Trinajstić information content (AvgIpc) is 3.05. The number of aromatic amines is 1. The maximum absolute atomic E-state index is 13.2. The number of fused-ring (bicyclic) bond motifs is 1. The van der Waals surface area contributed by atoms with E-state index in [9.17, 15) is 23.2 Å². The first-order chi connectivity index (χ1) is 13.8. The lowest BCUT2D eigenvalue weighted by Gasteiger charge is -2.20. The number of rotatable bonds is 7. The molecule has 156 valence electrons. The van der Waals surface area contributed by atoms with Gasteiger partial charge in [-0.25, -0.2) is 13.8 Å². The van der Waals surface area contributed by atoms with E-state index in [4.69, 9.17) is 5.73 Å². The van der Waals surface area contributed by atoms with E-state index in [0.717, 1.165) is 4.90 Å². The number of benzene rings is 1. The van der Waals surface area contributed by atoms with Crippen LogP contribution in [0.4, 0.5) is 8.78 Å². The molecule has 0 bridgehead atoms. The molecule has 2 aromatic rings. The first-order valence-electron chi connectivity index (χ1n) is 9.46. The molecular weight excluding hydrogens is 384 g/mol. The zero-order valence-corrected chi connectivity index (χ0v) is 15.8. The summed E-state index contributed by atoms with van der Waals surface area (Å²) in [6.45, 7) is -0.290. The summed E-state index contributed by atoms with van der Waals surface area (Å²) in [6.07, 6.45) is 1.04. The molecule has 10 heteroatoms. The second kappa shape index (κ2) is 8.64. The fourth-order valence-corrected chi connectivity index (χ4v) is 3.24. The molecule has 4 N–H and O–H groups in total. The molecule has 8 nitrogen and oxygen atoms in total. The number of unbranched alkanes of at least 4 members (excludes halogenated alkanes) is 1. The van der Waals surface area contributed by atoms with Gasteiger partial charge in [0.2, 0.25) is 5.91 Å². The van der Waals surface area contributed by atoms with Crippen LogP contribution in [0.15, 0.2) is 29.1 Å². The van der Waals surface area contributed by atoms with Gasteiger partial charge in [0.15, 0.2) is 5.69 Å². The van der Waals surface area contributed by atoms with E-state index >= 15 is 0 Å². The van der Waals surface area contributed by atoms with Gasteiger partial charge in [-0.3, -0.25) is 14.4 Å². The number of alkyl halides is 2. The quantitative estimate of drug-likeness (QED) is 0.592. The Morgan fingerprint density at radius 1 is 1.31 bits per heavy atom. The number of nitrogens with two attached hydrogens (primary N) is 1. The third-order valence-corrected chi connectivity index (χ3v) is 4.84. The van der Waals surface area contributed by atoms with Crippen molar-refractivity contribution < 1.29 is 18.4 Å². The molecule has 2 heterocycles. The summed E-state index contributed by atoms with van der Waals surface area (Å²) < 4.78 is 26.4. The van der Waals surface area contributed by atoms with Crippen molar-refractivity contribution in [2.45, 2.75) is 37.6 Å². The monoisotopic (exact) mass is 407 g/mol. The van der Waals surface area contributed by atoms with Crippen LogP contribution in [-0.4, -0.2) is 58.3 Å². The van der Waals surface area contributed by atoms with Gasteiger partial charge in [0.25, 0.3) is 17.4 Å². The number of halogens is 2. The molecule has 0 aliphatic carbocycles. The van der Waals surface area contributed by atoms with Crippen LogP contribution in [0.5, 0.6) is 0 Å². The summed E-state index contributed by atoms with van der Waals surface area (Å²) in [5.74, 6) is -3.90. The summed E-state index contributed by atoms with van der Waals surface area (Å²) in [5, 5.41) is 2.62. The second-order valence-corrected chi connectivity index (χ2v) is 7.16. The van der Waals surface area contributed by atoms with Crippen LogP contribution < -0.4 is 16.6 Å². The van der Waals surface area contributed by atoms with E-state index in [1.54, 1.807) is 24.3 Å². The molecule has 1 saturated heterocycles. The van der Waals surface area contributed by atoms with Crippen molar-refractivity contribution in [3.05, 3.63) is 40.3 Å². The molecule has 0 saturated carbocycles. The van der Waals surface area contributed by atoms with Gasteiger partial charge >= 0.3 is 0 Å². The van der Waals surface area contributed by atoms with Crippen LogP contribution in [-0.2, 0) is 4.79 Å². The second-order valence-electron chi connectivity index (χ2n) is 7.16. The minimum atomic E-state index is -2.84. The van der Waals surface area contributed by atoms with Crippen LogP contribution in [0.3, 0.4) is 0 Å². The highest BCUT2D eigenvalue weighted by atomic mass is 19.3. The summed E-state index contributed by atoms with van der Waals surface area (Å²) in [7, 11) is 0. The molecule has 29 heavy (non-hydrogen) atoms. The number of H-pyrrole nitrogens is 1. The molecule has 1 atom stereocenters. The number of carbonyl (C=O) groups is 2. The lowest BCUT2D eigenvalue weighted by Crippen LogP contribution is -2.43. The number of carbonyl (C=O) groups excluding carboxylic acids is 2. The van der Waals surface area contributed by atoms with Crippen LogP contribution >= 0.6 is 0 Å². The summed E-state index contributed by atoms with van der Waals surface area (Å²) in [5.41, 5.74) is 6.08. The maximum Gasteiger partial charge on any atom is 0.280 e. The highest BCUT2D eigenvalue weighted by molar-refractivity contribution is 5.93. The van der Waals surface area contributed by atoms with Crippen LogP contribution in [0.25, 0.3) is 11.0 Å². The Bertz CT molecular complexity index is 962. The van der Waals surface area contributed by atoms with Gasteiger partial charge in [0.1, 0.15) is 0 Å². The van der Waals surface area contributed by atoms with Crippen molar-refractivity contribution in [2.75, 3.05) is 19.6 Å². The zero-order chi connectivity index (χ0) is 21.0. The topological polar surface area (TPSA) is 121 Å². The Kier molecular flexibility index (Phi) is 6.21. The Labute approximate surface area is 165 Å². The number of hydrogen-bond acceptors (Lipinski definition) is 5. The Morgan fingerprint density at radius 2 is 2.07 bits per heavy atom. The summed E-state index contributed by atoms with van der Waals surface area (Å²) >= 11 is 0. The first-order valence-corrected chi connectivity index (χ1v) is 9.46. The molecule has 0 unspecified atom stereocenters. The summed E-state index contributed by atoms with van der Waals surface area (Å²) in [6, 6.07) is 6.05. The third-order valence-electron chi connectivity index (χ3n) is 4.84. The fourth-order valence-electron chi connectivity index (χ4n) is 3.24. The first kappa shape index (κ1) is 20.8. The number of nitrogens with one attached hydrogen (secondary N) is 2. The number of amides is 2. The molecular formula is C19H23F2N5O3. The molecule has 2 amide bonds. The van der Waals surface area contributed by atoms with E-state index in [1.807, 2.05) is 0 Å². The number of aromatic nitrogens is 2. The highest BCUT2D eigenvalue weighted by Crippen LogP contribution is 2.27. The Hall–Kier alpha value is -2.88. The number of hydrogen-bond donors (Lipinski definition) is 3. The van der Waals surface area contributed by atoms with Crippen LogP contribution in [0.2, 0.25) is 0 Å². The largest absolute Gasteiger partial charge is 0.351 e. The van der Waals surface area contributed by atoms with Crippen molar-refractivity contribution in [1.82, 2.24) is 20.2 Å². The van der Waals surface area contributed by atoms with E-state index in [2.05, 4.69) is 15.3 Å². The predicted octanol–water partition coefficient (Wildman–Crippen LogP) is 1.02. The zero-order valence-electron chi connectivity index (χ0n) is 15.8. The van der Waals surface area contributed by atoms with Crippen molar-refractivity contribution in [2.24, 2.45) is 5.73 Å².